The number of amides is 1. The van der Waals surface area contributed by atoms with Crippen molar-refractivity contribution in [3.05, 3.63) is 82.9 Å². The van der Waals surface area contributed by atoms with Gasteiger partial charge in [0.25, 0.3) is 5.91 Å². The highest BCUT2D eigenvalue weighted by Crippen LogP contribution is 2.46. The van der Waals surface area contributed by atoms with Crippen LogP contribution in [0.4, 0.5) is 15.9 Å². The molecule has 1 spiro atoms. The first-order chi connectivity index (χ1) is 18.9. The molecule has 2 aromatic heterocycles. The van der Waals surface area contributed by atoms with E-state index in [1.807, 2.05) is 31.2 Å². The second kappa shape index (κ2) is 9.68. The first-order valence-electron chi connectivity index (χ1n) is 13.0. The summed E-state index contributed by atoms with van der Waals surface area (Å²) in [6.45, 7) is 5.35. The number of anilines is 2. The fourth-order valence-corrected chi connectivity index (χ4v) is 5.46. The minimum Gasteiger partial charge on any atom is -0.492 e. The molecule has 0 unspecified atom stereocenters. The number of aryl methyl sites for hydroxylation is 1. The van der Waals surface area contributed by atoms with Gasteiger partial charge in [-0.2, -0.15) is 9.61 Å². The number of fused-ring (bicyclic) bond motifs is 3. The maximum absolute atomic E-state index is 14.0. The number of aromatic nitrogens is 3. The van der Waals surface area contributed by atoms with Gasteiger partial charge in [0.15, 0.2) is 5.65 Å². The molecule has 200 valence electrons. The Morgan fingerprint density at radius 3 is 2.69 bits per heavy atom. The molecule has 39 heavy (non-hydrogen) atoms. The summed E-state index contributed by atoms with van der Waals surface area (Å²) in [6.07, 6.45) is 4.19. The summed E-state index contributed by atoms with van der Waals surface area (Å²) < 4.78 is 26.5. The van der Waals surface area contributed by atoms with Crippen molar-refractivity contribution in [2.45, 2.75) is 32.1 Å². The largest absolute Gasteiger partial charge is 0.492 e. The average molecular weight is 530 g/mol. The van der Waals surface area contributed by atoms with E-state index < -0.39 is 5.97 Å². The zero-order valence-corrected chi connectivity index (χ0v) is 21.7. The Balaban J connectivity index is 1.33. The fourth-order valence-electron chi connectivity index (χ4n) is 5.46. The first kappa shape index (κ1) is 24.8. The number of carbonyl (C=O) groups is 2. The van der Waals surface area contributed by atoms with E-state index in [1.165, 1.54) is 23.0 Å². The van der Waals surface area contributed by atoms with Crippen molar-refractivity contribution in [3.63, 3.8) is 0 Å². The van der Waals surface area contributed by atoms with E-state index in [2.05, 4.69) is 15.4 Å². The molecule has 0 bridgehead atoms. The maximum Gasteiger partial charge on any atom is 0.343 e. The Labute approximate surface area is 224 Å². The van der Waals surface area contributed by atoms with Crippen LogP contribution in [0.25, 0.3) is 5.65 Å². The summed E-state index contributed by atoms with van der Waals surface area (Å²) in [5, 5.41) is 7.75. The molecule has 1 saturated heterocycles. The number of hydrogen-bond acceptors (Lipinski definition) is 7. The number of piperidine rings is 1. The molecule has 0 atom stereocenters. The van der Waals surface area contributed by atoms with Crippen LogP contribution in [0.3, 0.4) is 0 Å². The van der Waals surface area contributed by atoms with Crippen LogP contribution in [-0.4, -0.2) is 57.7 Å². The third kappa shape index (κ3) is 4.25. The second-order valence-corrected chi connectivity index (χ2v) is 9.98. The molecule has 4 aromatic rings. The smallest absolute Gasteiger partial charge is 0.343 e. The Morgan fingerprint density at radius 1 is 1.13 bits per heavy atom. The van der Waals surface area contributed by atoms with Crippen LogP contribution in [0.15, 0.2) is 54.9 Å². The Hall–Kier alpha value is -4.47. The quantitative estimate of drug-likeness (QED) is 0.376. The van der Waals surface area contributed by atoms with Crippen molar-refractivity contribution in [2.75, 3.05) is 31.6 Å². The summed E-state index contributed by atoms with van der Waals surface area (Å²) in [5.41, 5.74) is 3.18. The second-order valence-electron chi connectivity index (χ2n) is 9.98. The number of halogens is 1. The van der Waals surface area contributed by atoms with Crippen LogP contribution in [0.5, 0.6) is 5.75 Å². The van der Waals surface area contributed by atoms with Crippen molar-refractivity contribution < 1.29 is 23.5 Å². The van der Waals surface area contributed by atoms with Gasteiger partial charge in [0, 0.05) is 36.0 Å². The average Bonchev–Trinajstić information content (AvgIpc) is 3.53. The number of likely N-dealkylation sites (tertiary alicyclic amines) is 1. The number of esters is 1. The summed E-state index contributed by atoms with van der Waals surface area (Å²) in [4.78, 5) is 32.6. The van der Waals surface area contributed by atoms with Crippen molar-refractivity contribution in [1.29, 1.82) is 0 Å². The highest BCUT2D eigenvalue weighted by atomic mass is 19.1. The topological polar surface area (TPSA) is 98.1 Å². The number of benzene rings is 2. The normalized spacial score (nSPS) is 15.7. The third-order valence-corrected chi connectivity index (χ3v) is 7.68. The predicted octanol–water partition coefficient (Wildman–Crippen LogP) is 4.66. The van der Waals surface area contributed by atoms with Gasteiger partial charge in [-0.05, 0) is 56.5 Å². The van der Waals surface area contributed by atoms with Gasteiger partial charge in [-0.1, -0.05) is 18.2 Å². The number of hydrogen-bond donors (Lipinski definition) is 1. The van der Waals surface area contributed by atoms with E-state index in [0.29, 0.717) is 55.3 Å². The first-order valence-corrected chi connectivity index (χ1v) is 13.0. The molecule has 0 radical (unpaired) electrons. The monoisotopic (exact) mass is 529 g/mol. The zero-order chi connectivity index (χ0) is 27.1. The Bertz CT molecular complexity index is 1590. The summed E-state index contributed by atoms with van der Waals surface area (Å²) in [7, 11) is 0. The van der Waals surface area contributed by atoms with Crippen molar-refractivity contribution >= 4 is 29.0 Å². The van der Waals surface area contributed by atoms with Gasteiger partial charge < -0.3 is 19.7 Å². The SMILES string of the molecule is CCOC(=O)c1cnn2c(Nc3ccccc3C)c(C(=O)N3CCC4(CC3)COc3ccc(F)cc34)cnc12. The van der Waals surface area contributed by atoms with Gasteiger partial charge in [0.05, 0.1) is 19.4 Å². The number of nitrogens with zero attached hydrogens (tertiary/aromatic N) is 4. The van der Waals surface area contributed by atoms with Gasteiger partial charge in [0.2, 0.25) is 0 Å². The lowest BCUT2D eigenvalue weighted by Crippen LogP contribution is -2.46. The van der Waals surface area contributed by atoms with E-state index in [9.17, 15) is 14.0 Å². The molecular formula is C29H28FN5O4. The van der Waals surface area contributed by atoms with E-state index in [-0.39, 0.29) is 29.3 Å². The number of ether oxygens (including phenoxy) is 2. The molecule has 1 amide bonds. The van der Waals surface area contributed by atoms with Crippen LogP contribution in [0.1, 0.15) is 51.6 Å². The minimum atomic E-state index is -0.530. The number of carbonyl (C=O) groups excluding carboxylic acids is 2. The van der Waals surface area contributed by atoms with E-state index in [0.717, 1.165) is 16.8 Å². The van der Waals surface area contributed by atoms with Crippen LogP contribution in [-0.2, 0) is 10.2 Å². The van der Waals surface area contributed by atoms with Gasteiger partial charge in [-0.3, -0.25) is 4.79 Å². The molecule has 0 saturated carbocycles. The minimum absolute atomic E-state index is 0.207. The molecule has 4 heterocycles. The molecule has 2 aromatic carbocycles. The van der Waals surface area contributed by atoms with Crippen LogP contribution < -0.4 is 10.1 Å². The lowest BCUT2D eigenvalue weighted by atomic mass is 9.74. The van der Waals surface area contributed by atoms with Gasteiger partial charge >= 0.3 is 5.97 Å². The summed E-state index contributed by atoms with van der Waals surface area (Å²) in [5.74, 6) is 0.0999. The maximum atomic E-state index is 14.0. The number of rotatable bonds is 5. The standard InChI is InChI=1S/C29H28FN5O4/c1-3-38-28(37)21-16-32-35-25(21)31-15-20(26(35)33-23-7-5-4-6-18(23)2)27(36)34-12-10-29(11-13-34)17-39-24-9-8-19(30)14-22(24)29/h4-9,14-16,33H,3,10-13,17H2,1-2H3. The van der Waals surface area contributed by atoms with Crippen LogP contribution in [0.2, 0.25) is 0 Å². The summed E-state index contributed by atoms with van der Waals surface area (Å²) >= 11 is 0. The number of nitrogens with one attached hydrogen (secondary N) is 1. The summed E-state index contributed by atoms with van der Waals surface area (Å²) in [6, 6.07) is 12.3. The molecule has 2 aliphatic heterocycles. The molecule has 10 heteroatoms. The Kier molecular flexibility index (Phi) is 6.17. The van der Waals surface area contributed by atoms with E-state index >= 15 is 0 Å². The molecule has 9 nitrogen and oxygen atoms in total. The number of para-hydroxylation sites is 1. The molecule has 1 fully saturated rings. The molecule has 2 aliphatic rings. The van der Waals surface area contributed by atoms with Gasteiger partial charge in [-0.25, -0.2) is 14.2 Å². The highest BCUT2D eigenvalue weighted by molar-refractivity contribution is 6.01. The van der Waals surface area contributed by atoms with Crippen molar-refractivity contribution in [2.24, 2.45) is 0 Å². The molecule has 1 N–H and O–H groups in total. The van der Waals surface area contributed by atoms with E-state index in [1.54, 1.807) is 24.0 Å². The van der Waals surface area contributed by atoms with Crippen LogP contribution >= 0.6 is 0 Å². The molecular weight excluding hydrogens is 501 g/mol. The predicted molar refractivity (Wildman–Crippen MR) is 142 cm³/mol. The fraction of sp³-hybridized carbons (Fsp3) is 0.310. The molecule has 6 rings (SSSR count). The Morgan fingerprint density at radius 2 is 1.92 bits per heavy atom. The van der Waals surface area contributed by atoms with E-state index in [4.69, 9.17) is 9.47 Å². The zero-order valence-electron chi connectivity index (χ0n) is 21.7. The lowest BCUT2D eigenvalue weighted by molar-refractivity contribution is 0.0528. The van der Waals surface area contributed by atoms with Gasteiger partial charge in [-0.15, -0.1) is 0 Å². The van der Waals surface area contributed by atoms with Crippen LogP contribution in [0, 0.1) is 12.7 Å². The molecule has 0 aliphatic carbocycles. The lowest BCUT2D eigenvalue weighted by Gasteiger charge is -2.38. The third-order valence-electron chi connectivity index (χ3n) is 7.68. The van der Waals surface area contributed by atoms with Gasteiger partial charge in [0.1, 0.15) is 28.5 Å². The van der Waals surface area contributed by atoms with Crippen molar-refractivity contribution in [3.8, 4) is 5.75 Å². The van der Waals surface area contributed by atoms with Crippen molar-refractivity contribution in [1.82, 2.24) is 19.5 Å². The highest BCUT2D eigenvalue weighted by Gasteiger charge is 2.44.